The number of fused-ring (bicyclic) bond motifs is 1. The monoisotopic (exact) mass is 568 g/mol. The molecule has 15 heteroatoms. The lowest BCUT2D eigenvalue weighted by Gasteiger charge is -2.17. The molecular formula is C26H22F2N6O7. The average Bonchev–Trinajstić information content (AvgIpc) is 3.52. The topological polar surface area (TPSA) is 177 Å². The molecule has 4 heterocycles. The van der Waals surface area contributed by atoms with Gasteiger partial charge in [0.2, 0.25) is 11.7 Å². The molecule has 0 spiro atoms. The molecule has 6 rings (SSSR count). The van der Waals surface area contributed by atoms with Crippen LogP contribution in [0, 0.1) is 5.82 Å². The van der Waals surface area contributed by atoms with Gasteiger partial charge in [0.15, 0.2) is 17.4 Å². The summed E-state index contributed by atoms with van der Waals surface area (Å²) in [6, 6.07) is 18.0. The van der Waals surface area contributed by atoms with Crippen LogP contribution in [0.3, 0.4) is 0 Å². The van der Waals surface area contributed by atoms with Crippen LogP contribution in [0.5, 0.6) is 0 Å². The Bertz CT molecular complexity index is 1950. The fourth-order valence-corrected chi connectivity index (χ4v) is 4.33. The normalized spacial score (nSPS) is 21.9. The number of hydrogen-bond donors (Lipinski definition) is 4. The number of aromatic amines is 2. The van der Waals surface area contributed by atoms with Crippen molar-refractivity contribution in [1.82, 2.24) is 28.7 Å². The summed E-state index contributed by atoms with van der Waals surface area (Å²) in [6.45, 7) is 0.855. The summed E-state index contributed by atoms with van der Waals surface area (Å²) < 4.78 is 34.3. The van der Waals surface area contributed by atoms with Gasteiger partial charge in [0.05, 0.1) is 23.9 Å². The first-order chi connectivity index (χ1) is 19.5. The highest BCUT2D eigenvalue weighted by Crippen LogP contribution is 2.37. The van der Waals surface area contributed by atoms with E-state index in [1.54, 1.807) is 41.4 Å². The van der Waals surface area contributed by atoms with Crippen molar-refractivity contribution in [3.63, 3.8) is 0 Å². The SMILES string of the molecule is C[C@@]1(F)O[C@@H](n2cc(F)c(=O)[nH]c2=O)[C@H](O)[C@@H]1O.O=c1c2[nH]cnc2n(-c2ccccc2)c(=O)n1-c1ccccc1. The minimum atomic E-state index is -2.59. The fourth-order valence-electron chi connectivity index (χ4n) is 4.33. The van der Waals surface area contributed by atoms with Gasteiger partial charge in [0, 0.05) is 0 Å². The van der Waals surface area contributed by atoms with E-state index in [1.165, 1.54) is 10.9 Å². The number of imidazole rings is 1. The second-order valence-electron chi connectivity index (χ2n) is 9.10. The number of aromatic nitrogens is 6. The highest BCUT2D eigenvalue weighted by Gasteiger charge is 2.53. The van der Waals surface area contributed by atoms with E-state index in [-0.39, 0.29) is 5.52 Å². The molecular weight excluding hydrogens is 546 g/mol. The van der Waals surface area contributed by atoms with E-state index in [2.05, 4.69) is 14.7 Å². The molecule has 212 valence electrons. The summed E-state index contributed by atoms with van der Waals surface area (Å²) in [5.74, 6) is -3.89. The Morgan fingerprint density at radius 2 is 1.54 bits per heavy atom. The molecule has 5 aromatic rings. The van der Waals surface area contributed by atoms with Crippen molar-refractivity contribution in [3.05, 3.63) is 121 Å². The number of alkyl halides is 1. The third-order valence-electron chi connectivity index (χ3n) is 6.35. The largest absolute Gasteiger partial charge is 0.385 e. The number of hydrogen-bond acceptors (Lipinski definition) is 8. The summed E-state index contributed by atoms with van der Waals surface area (Å²) >= 11 is 0. The maximum absolute atomic E-state index is 13.6. The third kappa shape index (κ3) is 4.93. The van der Waals surface area contributed by atoms with E-state index < -0.39 is 52.6 Å². The Hall–Kier alpha value is -4.99. The number of ether oxygens (including phenoxy) is 1. The zero-order valence-electron chi connectivity index (χ0n) is 21.1. The van der Waals surface area contributed by atoms with E-state index in [4.69, 9.17) is 0 Å². The van der Waals surface area contributed by atoms with Crippen LogP contribution in [0.4, 0.5) is 8.78 Å². The number of aliphatic hydroxyl groups is 2. The summed E-state index contributed by atoms with van der Waals surface area (Å²) in [6.07, 6.45) is -3.41. The molecule has 0 aliphatic carbocycles. The summed E-state index contributed by atoms with van der Waals surface area (Å²) in [5.41, 5.74) is -1.42. The number of aliphatic hydroxyl groups excluding tert-OH is 2. The molecule has 2 aromatic carbocycles. The van der Waals surface area contributed by atoms with Gasteiger partial charge >= 0.3 is 11.4 Å². The standard InChI is InChI=1S/C17H12N4O2.C9H10F2N2O5/c22-16-14-15(19-11-18-14)20(12-7-3-1-4-8-12)17(23)21(16)13-9-5-2-6-10-13;1-9(11)5(15)4(14)7(18-9)13-2-3(10)6(16)12-8(13)17/h1-11H,(H,18,19);2,4-5,7,14-15H,1H3,(H,12,16,17)/t;4-,5+,7-,9-/m.1/s1. The maximum atomic E-state index is 13.6. The highest BCUT2D eigenvalue weighted by atomic mass is 19.2. The summed E-state index contributed by atoms with van der Waals surface area (Å²) in [5, 5.41) is 18.9. The van der Waals surface area contributed by atoms with Crippen molar-refractivity contribution in [1.29, 1.82) is 0 Å². The predicted molar refractivity (Wildman–Crippen MR) is 140 cm³/mol. The lowest BCUT2D eigenvalue weighted by Crippen LogP contribution is -2.39. The van der Waals surface area contributed by atoms with Gasteiger partial charge in [-0.2, -0.15) is 4.39 Å². The molecule has 1 aliphatic heterocycles. The quantitative estimate of drug-likeness (QED) is 0.243. The number of H-pyrrole nitrogens is 2. The van der Waals surface area contributed by atoms with Crippen molar-refractivity contribution in [3.8, 4) is 11.4 Å². The second kappa shape index (κ2) is 10.5. The zero-order valence-corrected chi connectivity index (χ0v) is 21.1. The van der Waals surface area contributed by atoms with Gasteiger partial charge < -0.3 is 19.9 Å². The van der Waals surface area contributed by atoms with Gasteiger partial charge in [-0.1, -0.05) is 36.4 Å². The number of benzene rings is 2. The van der Waals surface area contributed by atoms with Gasteiger partial charge in [-0.3, -0.25) is 19.1 Å². The van der Waals surface area contributed by atoms with Crippen molar-refractivity contribution in [2.75, 3.05) is 0 Å². The van der Waals surface area contributed by atoms with Gasteiger partial charge in [-0.05, 0) is 31.2 Å². The van der Waals surface area contributed by atoms with Crippen molar-refractivity contribution >= 4 is 11.2 Å². The number of para-hydroxylation sites is 2. The molecule has 1 fully saturated rings. The Kier molecular flexibility index (Phi) is 7.08. The Labute approximate surface area is 227 Å². The molecule has 13 nitrogen and oxygen atoms in total. The van der Waals surface area contributed by atoms with Crippen LogP contribution in [-0.2, 0) is 4.74 Å². The average molecular weight is 568 g/mol. The predicted octanol–water partition coefficient (Wildman–Crippen LogP) is 0.477. The highest BCUT2D eigenvalue weighted by molar-refractivity contribution is 5.71. The second-order valence-corrected chi connectivity index (χ2v) is 9.10. The molecule has 41 heavy (non-hydrogen) atoms. The number of nitrogens with one attached hydrogen (secondary N) is 2. The first-order valence-electron chi connectivity index (χ1n) is 12.1. The van der Waals surface area contributed by atoms with E-state index in [1.807, 2.05) is 24.3 Å². The van der Waals surface area contributed by atoms with Gasteiger partial charge in [-0.15, -0.1) is 0 Å². The lowest BCUT2D eigenvalue weighted by atomic mass is 10.1. The zero-order chi connectivity index (χ0) is 29.5. The van der Waals surface area contributed by atoms with Crippen molar-refractivity contribution in [2.45, 2.75) is 31.2 Å². The minimum Gasteiger partial charge on any atom is -0.385 e. The number of rotatable bonds is 3. The van der Waals surface area contributed by atoms with E-state index in [9.17, 15) is 38.2 Å². The smallest absolute Gasteiger partial charge is 0.342 e. The molecule has 1 aliphatic rings. The lowest BCUT2D eigenvalue weighted by molar-refractivity contribution is -0.174. The molecule has 3 aromatic heterocycles. The van der Waals surface area contributed by atoms with Crippen LogP contribution in [0.1, 0.15) is 13.2 Å². The molecule has 0 radical (unpaired) electrons. The Balaban J connectivity index is 0.000000170. The summed E-state index contributed by atoms with van der Waals surface area (Å²) in [4.78, 5) is 56.5. The molecule has 1 saturated heterocycles. The molecule has 4 N–H and O–H groups in total. The van der Waals surface area contributed by atoms with Crippen molar-refractivity contribution in [2.24, 2.45) is 0 Å². The molecule has 4 atom stereocenters. The molecule has 0 amide bonds. The first-order valence-corrected chi connectivity index (χ1v) is 12.1. The molecule has 0 unspecified atom stereocenters. The minimum absolute atomic E-state index is 0.289. The van der Waals surface area contributed by atoms with E-state index in [0.29, 0.717) is 27.8 Å². The van der Waals surface area contributed by atoms with Crippen LogP contribution < -0.4 is 22.5 Å². The Morgan fingerprint density at radius 3 is 2.10 bits per heavy atom. The Morgan fingerprint density at radius 1 is 0.951 bits per heavy atom. The first kappa shape index (κ1) is 27.6. The van der Waals surface area contributed by atoms with E-state index in [0.717, 1.165) is 11.5 Å². The van der Waals surface area contributed by atoms with Gasteiger partial charge in [0.25, 0.3) is 11.1 Å². The number of nitrogens with zero attached hydrogens (tertiary/aromatic N) is 4. The molecule has 0 saturated carbocycles. The van der Waals surface area contributed by atoms with Gasteiger partial charge in [0.1, 0.15) is 12.2 Å². The maximum Gasteiger partial charge on any atom is 0.342 e. The fraction of sp³-hybridized carbons (Fsp3) is 0.192. The van der Waals surface area contributed by atoms with Crippen LogP contribution in [0.2, 0.25) is 0 Å². The van der Waals surface area contributed by atoms with Crippen molar-refractivity contribution < 1.29 is 23.7 Å². The van der Waals surface area contributed by atoms with Crippen LogP contribution in [0.25, 0.3) is 22.5 Å². The third-order valence-corrected chi connectivity index (χ3v) is 6.35. The van der Waals surface area contributed by atoms with Crippen LogP contribution in [-0.4, -0.2) is 56.9 Å². The summed E-state index contributed by atoms with van der Waals surface area (Å²) in [7, 11) is 0. The van der Waals surface area contributed by atoms with E-state index >= 15 is 0 Å². The van der Waals surface area contributed by atoms with Gasteiger partial charge in [-0.25, -0.2) is 28.1 Å². The van der Waals surface area contributed by atoms with Crippen LogP contribution in [0.15, 0.2) is 92.4 Å². The number of halogens is 2. The molecule has 0 bridgehead atoms. The van der Waals surface area contributed by atoms with Crippen LogP contribution >= 0.6 is 0 Å².